The van der Waals surface area contributed by atoms with Gasteiger partial charge in [0.25, 0.3) is 5.91 Å². The fourth-order valence-electron chi connectivity index (χ4n) is 0.798. The van der Waals surface area contributed by atoms with E-state index in [2.05, 4.69) is 0 Å². The molecule has 8 heteroatoms. The largest absolute Gasteiger partial charge is 0.397 e. The van der Waals surface area contributed by atoms with Crippen molar-refractivity contribution in [2.24, 2.45) is 5.73 Å². The normalized spacial score (nSPS) is 6.93. The average molecular weight is 297 g/mol. The lowest BCUT2D eigenvalue weighted by molar-refractivity contribution is 0.100. The van der Waals surface area contributed by atoms with Crippen LogP contribution in [0.15, 0.2) is 18.2 Å². The Kier molecular flexibility index (Phi) is 15.9. The third-order valence-corrected chi connectivity index (χ3v) is 1.41. The highest BCUT2D eigenvalue weighted by Crippen LogP contribution is 2.18. The third kappa shape index (κ3) is 5.79. The first-order valence-electron chi connectivity index (χ1n) is 3.06. The van der Waals surface area contributed by atoms with Gasteiger partial charge in [0.1, 0.15) is 0 Å². The fourth-order valence-corrected chi connectivity index (χ4v) is 0.798. The first-order chi connectivity index (χ1) is 5.13. The van der Waals surface area contributed by atoms with Crippen molar-refractivity contribution >= 4 is 66.9 Å². The summed E-state index contributed by atoms with van der Waals surface area (Å²) in [5, 5.41) is 0. The van der Waals surface area contributed by atoms with E-state index in [0.717, 1.165) is 0 Å². The van der Waals surface area contributed by atoms with Crippen LogP contribution in [-0.2, 0) is 0 Å². The second kappa shape index (κ2) is 9.98. The number of hydrogen-bond donors (Lipinski definition) is 3. The second-order valence-corrected chi connectivity index (χ2v) is 2.17. The Bertz CT molecular complexity index is 308. The van der Waals surface area contributed by atoms with E-state index >= 15 is 0 Å². The van der Waals surface area contributed by atoms with Gasteiger partial charge >= 0.3 is 0 Å². The summed E-state index contributed by atoms with van der Waals surface area (Å²) < 4.78 is 0. The van der Waals surface area contributed by atoms with E-state index in [9.17, 15) is 4.79 Å². The topological polar surface area (TPSA) is 95.1 Å². The number of nitrogens with two attached hydrogens (primary N) is 3. The molecule has 1 aromatic rings. The van der Waals surface area contributed by atoms with Crippen LogP contribution >= 0.6 is 49.6 Å². The Hall–Kier alpha value is -0.550. The van der Waals surface area contributed by atoms with Crippen LogP contribution in [0.25, 0.3) is 0 Å². The molecule has 15 heavy (non-hydrogen) atoms. The van der Waals surface area contributed by atoms with Crippen molar-refractivity contribution in [3.63, 3.8) is 0 Å². The number of amides is 1. The molecule has 0 aromatic heterocycles. The number of halogens is 4. The summed E-state index contributed by atoms with van der Waals surface area (Å²) in [6, 6.07) is 4.78. The molecule has 6 N–H and O–H groups in total. The Labute approximate surface area is 113 Å². The number of nitrogen functional groups attached to an aromatic ring is 2. The van der Waals surface area contributed by atoms with Gasteiger partial charge in [-0.15, -0.1) is 49.6 Å². The van der Waals surface area contributed by atoms with Crippen LogP contribution in [0.3, 0.4) is 0 Å². The lowest BCUT2D eigenvalue weighted by Crippen LogP contribution is -2.14. The van der Waals surface area contributed by atoms with Crippen molar-refractivity contribution in [3.8, 4) is 0 Å². The van der Waals surface area contributed by atoms with Crippen molar-refractivity contribution in [2.45, 2.75) is 0 Å². The number of primary amides is 1. The molecule has 0 saturated carbocycles. The summed E-state index contributed by atoms with van der Waals surface area (Å²) in [4.78, 5) is 10.7. The van der Waals surface area contributed by atoms with Gasteiger partial charge in [-0.1, -0.05) is 6.07 Å². The summed E-state index contributed by atoms with van der Waals surface area (Å²) in [6.45, 7) is 0. The van der Waals surface area contributed by atoms with E-state index in [4.69, 9.17) is 17.2 Å². The van der Waals surface area contributed by atoms with Crippen molar-refractivity contribution < 1.29 is 4.79 Å². The van der Waals surface area contributed by atoms with Gasteiger partial charge in [-0.25, -0.2) is 0 Å². The second-order valence-electron chi connectivity index (χ2n) is 2.17. The Morgan fingerprint density at radius 2 is 1.47 bits per heavy atom. The highest BCUT2D eigenvalue weighted by Gasteiger charge is 2.05. The molecule has 0 bridgehead atoms. The number of benzene rings is 1. The van der Waals surface area contributed by atoms with Crippen LogP contribution in [0, 0.1) is 0 Å². The quantitative estimate of drug-likeness (QED) is 0.688. The maximum absolute atomic E-state index is 10.7. The molecule has 0 spiro atoms. The van der Waals surface area contributed by atoms with Crippen LogP contribution in [0.2, 0.25) is 0 Å². The summed E-state index contributed by atoms with van der Waals surface area (Å²) in [5.41, 5.74) is 16.8. The standard InChI is InChI=1S/C7H9N3O.4ClH/c8-5-3-1-2-4(6(5)9)7(10)11;;;;/h1-3H,8-9H2,(H2,10,11);4*1H. The molecule has 0 aliphatic heterocycles. The minimum absolute atomic E-state index is 0. The highest BCUT2D eigenvalue weighted by molar-refractivity contribution is 6.00. The van der Waals surface area contributed by atoms with Crippen LogP contribution in [0.5, 0.6) is 0 Å². The van der Waals surface area contributed by atoms with Crippen LogP contribution in [-0.4, -0.2) is 5.91 Å². The molecule has 0 atom stereocenters. The molecule has 4 nitrogen and oxygen atoms in total. The van der Waals surface area contributed by atoms with E-state index in [1.807, 2.05) is 0 Å². The molecule has 0 saturated heterocycles. The first-order valence-corrected chi connectivity index (χ1v) is 3.06. The molecule has 1 aromatic carbocycles. The molecule has 0 aliphatic rings. The minimum atomic E-state index is -0.560. The first kappa shape index (κ1) is 23.9. The molecule has 0 unspecified atom stereocenters. The Balaban J connectivity index is -0.000000151. The molecule has 90 valence electrons. The summed E-state index contributed by atoms with van der Waals surface area (Å²) in [7, 11) is 0. The zero-order chi connectivity index (χ0) is 8.43. The molecule has 0 radical (unpaired) electrons. The van der Waals surface area contributed by atoms with E-state index in [1.54, 1.807) is 12.1 Å². The van der Waals surface area contributed by atoms with Crippen molar-refractivity contribution in [1.29, 1.82) is 0 Å². The van der Waals surface area contributed by atoms with E-state index in [-0.39, 0.29) is 60.9 Å². The number of carbonyl (C=O) groups excluding carboxylic acids is 1. The molecule has 1 amide bonds. The van der Waals surface area contributed by atoms with Gasteiger partial charge in [-0.05, 0) is 12.1 Å². The molecule has 0 fully saturated rings. The molecule has 0 heterocycles. The number of para-hydroxylation sites is 1. The van der Waals surface area contributed by atoms with Gasteiger partial charge in [-0.3, -0.25) is 4.79 Å². The molecular weight excluding hydrogens is 284 g/mol. The number of hydrogen-bond acceptors (Lipinski definition) is 3. The van der Waals surface area contributed by atoms with E-state index in [0.29, 0.717) is 5.69 Å². The highest BCUT2D eigenvalue weighted by atomic mass is 35.5. The molecule has 1 rings (SSSR count). The summed E-state index contributed by atoms with van der Waals surface area (Å²) in [5.74, 6) is -0.560. The maximum atomic E-state index is 10.7. The smallest absolute Gasteiger partial charge is 0.250 e. The monoisotopic (exact) mass is 295 g/mol. The Morgan fingerprint density at radius 3 is 1.80 bits per heavy atom. The Morgan fingerprint density at radius 1 is 1.00 bits per heavy atom. The molecular formula is C7H13Cl4N3O. The number of anilines is 2. The lowest BCUT2D eigenvalue weighted by Gasteiger charge is -2.02. The SMILES string of the molecule is Cl.Cl.Cl.Cl.NC(=O)c1cccc(N)c1N. The van der Waals surface area contributed by atoms with Gasteiger partial charge in [0.2, 0.25) is 0 Å². The van der Waals surface area contributed by atoms with Crippen LogP contribution in [0.1, 0.15) is 10.4 Å². The van der Waals surface area contributed by atoms with E-state index < -0.39 is 5.91 Å². The zero-order valence-electron chi connectivity index (χ0n) is 7.51. The summed E-state index contributed by atoms with van der Waals surface area (Å²) >= 11 is 0. The van der Waals surface area contributed by atoms with Gasteiger partial charge in [0.15, 0.2) is 0 Å². The fraction of sp³-hybridized carbons (Fsp3) is 0. The summed E-state index contributed by atoms with van der Waals surface area (Å²) in [6.07, 6.45) is 0. The third-order valence-electron chi connectivity index (χ3n) is 1.41. The van der Waals surface area contributed by atoms with Crippen molar-refractivity contribution in [2.75, 3.05) is 11.5 Å². The van der Waals surface area contributed by atoms with Gasteiger partial charge in [0.05, 0.1) is 16.9 Å². The predicted molar refractivity (Wildman–Crippen MR) is 72.8 cm³/mol. The predicted octanol–water partition coefficient (Wildman–Crippen LogP) is 1.64. The van der Waals surface area contributed by atoms with Gasteiger partial charge < -0.3 is 17.2 Å². The van der Waals surface area contributed by atoms with Gasteiger partial charge in [-0.2, -0.15) is 0 Å². The maximum Gasteiger partial charge on any atom is 0.250 e. The van der Waals surface area contributed by atoms with Crippen molar-refractivity contribution in [3.05, 3.63) is 23.8 Å². The van der Waals surface area contributed by atoms with Crippen LogP contribution < -0.4 is 17.2 Å². The molecule has 0 aliphatic carbocycles. The van der Waals surface area contributed by atoms with Gasteiger partial charge in [0, 0.05) is 0 Å². The zero-order valence-corrected chi connectivity index (χ0v) is 10.8. The average Bonchev–Trinajstić information content (AvgIpc) is 1.94. The van der Waals surface area contributed by atoms with Crippen LogP contribution in [0.4, 0.5) is 11.4 Å². The minimum Gasteiger partial charge on any atom is -0.397 e. The van der Waals surface area contributed by atoms with Crippen molar-refractivity contribution in [1.82, 2.24) is 0 Å². The number of rotatable bonds is 1. The lowest BCUT2D eigenvalue weighted by atomic mass is 10.1. The number of carbonyl (C=O) groups is 1. The van der Waals surface area contributed by atoms with E-state index in [1.165, 1.54) is 6.07 Å².